The van der Waals surface area contributed by atoms with Gasteiger partial charge in [-0.25, -0.2) is 8.78 Å². The van der Waals surface area contributed by atoms with E-state index in [1.807, 2.05) is 0 Å². The van der Waals surface area contributed by atoms with Crippen molar-refractivity contribution in [2.45, 2.75) is 13.0 Å². The lowest BCUT2D eigenvalue weighted by Crippen LogP contribution is -2.16. The Morgan fingerprint density at radius 3 is 2.69 bits per heavy atom. The fourth-order valence-corrected chi connectivity index (χ4v) is 1.43. The molecule has 1 rings (SSSR count). The first kappa shape index (κ1) is 10.6. The van der Waals surface area contributed by atoms with Crippen molar-refractivity contribution in [2.24, 2.45) is 5.73 Å². The van der Waals surface area contributed by atoms with Crippen LogP contribution in [0.3, 0.4) is 0 Å². The largest absolute Gasteiger partial charge is 0.326 e. The van der Waals surface area contributed by atoms with Gasteiger partial charge >= 0.3 is 0 Å². The summed E-state index contributed by atoms with van der Waals surface area (Å²) < 4.78 is 25.0. The standard InChI is InChI=1S/C7H7F2IN2O/c8-6(9)5-3(2-11)1-4(10)7(13)12-5/h1,6H,2,11H2,(H,12,13). The van der Waals surface area contributed by atoms with E-state index >= 15 is 0 Å². The van der Waals surface area contributed by atoms with E-state index in [9.17, 15) is 13.6 Å². The maximum Gasteiger partial charge on any atom is 0.278 e. The fraction of sp³-hybridized carbons (Fsp3) is 0.286. The van der Waals surface area contributed by atoms with Crippen molar-refractivity contribution in [3.05, 3.63) is 31.2 Å². The van der Waals surface area contributed by atoms with E-state index in [-0.39, 0.29) is 17.8 Å². The molecule has 3 nitrogen and oxygen atoms in total. The Morgan fingerprint density at radius 1 is 1.62 bits per heavy atom. The van der Waals surface area contributed by atoms with E-state index in [2.05, 4.69) is 4.98 Å². The molecule has 0 radical (unpaired) electrons. The lowest BCUT2D eigenvalue weighted by Gasteiger charge is -2.06. The van der Waals surface area contributed by atoms with E-state index in [4.69, 9.17) is 5.73 Å². The van der Waals surface area contributed by atoms with E-state index in [1.165, 1.54) is 6.07 Å². The maximum atomic E-state index is 12.3. The Balaban J connectivity index is 3.33. The number of hydrogen-bond donors (Lipinski definition) is 2. The topological polar surface area (TPSA) is 58.9 Å². The minimum atomic E-state index is -2.69. The van der Waals surface area contributed by atoms with Gasteiger partial charge in [-0.05, 0) is 34.2 Å². The lowest BCUT2D eigenvalue weighted by molar-refractivity contribution is 0.144. The molecule has 0 aliphatic rings. The zero-order valence-corrected chi connectivity index (χ0v) is 8.64. The van der Waals surface area contributed by atoms with Crippen LogP contribution in [0, 0.1) is 3.57 Å². The Hall–Kier alpha value is -0.500. The number of aromatic nitrogens is 1. The third-order valence-electron chi connectivity index (χ3n) is 1.55. The Bertz CT molecular complexity index is 364. The van der Waals surface area contributed by atoms with Crippen LogP contribution in [0.25, 0.3) is 0 Å². The first-order valence-corrected chi connectivity index (χ1v) is 4.54. The molecule has 0 bridgehead atoms. The molecule has 0 amide bonds. The third kappa shape index (κ3) is 2.25. The summed E-state index contributed by atoms with van der Waals surface area (Å²) in [7, 11) is 0. The SMILES string of the molecule is NCc1cc(I)c(=O)[nH]c1C(F)F. The second-order valence-corrected chi connectivity index (χ2v) is 3.55. The number of alkyl halides is 2. The molecule has 0 unspecified atom stereocenters. The third-order valence-corrected chi connectivity index (χ3v) is 2.35. The Kier molecular flexibility index (Phi) is 3.37. The number of hydrogen-bond acceptors (Lipinski definition) is 2. The van der Waals surface area contributed by atoms with Crippen LogP contribution in [-0.2, 0) is 6.54 Å². The van der Waals surface area contributed by atoms with Crippen LogP contribution in [0.4, 0.5) is 8.78 Å². The molecule has 3 N–H and O–H groups in total. The molecule has 1 heterocycles. The van der Waals surface area contributed by atoms with Crippen molar-refractivity contribution < 1.29 is 8.78 Å². The summed E-state index contributed by atoms with van der Waals surface area (Å²) in [6.07, 6.45) is -2.69. The monoisotopic (exact) mass is 300 g/mol. The summed E-state index contributed by atoms with van der Waals surface area (Å²) in [5.41, 5.74) is 4.64. The van der Waals surface area contributed by atoms with E-state index in [0.717, 1.165) is 0 Å². The predicted octanol–water partition coefficient (Wildman–Crippen LogP) is 1.38. The summed E-state index contributed by atoms with van der Waals surface area (Å²) in [4.78, 5) is 13.1. The molecule has 6 heteroatoms. The van der Waals surface area contributed by atoms with Gasteiger partial charge in [-0.3, -0.25) is 4.79 Å². The van der Waals surface area contributed by atoms with Gasteiger partial charge in [0.05, 0.1) is 9.26 Å². The highest BCUT2D eigenvalue weighted by molar-refractivity contribution is 14.1. The molecular formula is C7H7F2IN2O. The van der Waals surface area contributed by atoms with Gasteiger partial charge in [-0.1, -0.05) is 0 Å². The lowest BCUT2D eigenvalue weighted by atomic mass is 10.2. The van der Waals surface area contributed by atoms with Crippen molar-refractivity contribution in [2.75, 3.05) is 0 Å². The van der Waals surface area contributed by atoms with Crippen molar-refractivity contribution >= 4 is 22.6 Å². The second-order valence-electron chi connectivity index (χ2n) is 2.39. The van der Waals surface area contributed by atoms with Gasteiger partial charge in [0.25, 0.3) is 12.0 Å². The molecule has 13 heavy (non-hydrogen) atoms. The molecule has 0 fully saturated rings. The molecule has 1 aromatic rings. The van der Waals surface area contributed by atoms with Crippen LogP contribution >= 0.6 is 22.6 Å². The van der Waals surface area contributed by atoms with Crippen molar-refractivity contribution in [1.82, 2.24) is 4.98 Å². The minimum Gasteiger partial charge on any atom is -0.326 e. The highest BCUT2D eigenvalue weighted by Gasteiger charge is 2.14. The molecule has 0 saturated carbocycles. The molecule has 0 aliphatic heterocycles. The van der Waals surface area contributed by atoms with Crippen LogP contribution in [0.1, 0.15) is 17.7 Å². The minimum absolute atomic E-state index is 0.00749. The first-order valence-electron chi connectivity index (χ1n) is 3.46. The fourth-order valence-electron chi connectivity index (χ4n) is 0.922. The van der Waals surface area contributed by atoms with Crippen LogP contribution in [0.2, 0.25) is 0 Å². The van der Waals surface area contributed by atoms with Crippen molar-refractivity contribution in [3.8, 4) is 0 Å². The molecule has 0 aliphatic carbocycles. The smallest absolute Gasteiger partial charge is 0.278 e. The normalized spacial score (nSPS) is 10.8. The summed E-state index contributed by atoms with van der Waals surface area (Å²) in [6.45, 7) is -0.00749. The number of rotatable bonds is 2. The molecule has 0 saturated heterocycles. The Morgan fingerprint density at radius 2 is 2.23 bits per heavy atom. The average Bonchev–Trinajstić information content (AvgIpc) is 2.08. The van der Waals surface area contributed by atoms with Crippen LogP contribution in [0.15, 0.2) is 10.9 Å². The number of pyridine rings is 1. The zero-order chi connectivity index (χ0) is 10.0. The van der Waals surface area contributed by atoms with Gasteiger partial charge in [0.15, 0.2) is 0 Å². The van der Waals surface area contributed by atoms with Gasteiger partial charge in [0.1, 0.15) is 0 Å². The second kappa shape index (κ2) is 4.14. The van der Waals surface area contributed by atoms with Gasteiger partial charge in [0, 0.05) is 6.54 Å². The number of H-pyrrole nitrogens is 1. The quantitative estimate of drug-likeness (QED) is 0.811. The summed E-state index contributed by atoms with van der Waals surface area (Å²) in [5.74, 6) is 0. The number of halogens is 3. The zero-order valence-electron chi connectivity index (χ0n) is 6.48. The summed E-state index contributed by atoms with van der Waals surface area (Å²) >= 11 is 1.77. The molecule has 72 valence electrons. The van der Waals surface area contributed by atoms with Crippen LogP contribution in [0.5, 0.6) is 0 Å². The van der Waals surface area contributed by atoms with Gasteiger partial charge in [0.2, 0.25) is 0 Å². The van der Waals surface area contributed by atoms with Gasteiger partial charge in [-0.2, -0.15) is 0 Å². The maximum absolute atomic E-state index is 12.3. The van der Waals surface area contributed by atoms with E-state index in [0.29, 0.717) is 3.57 Å². The number of nitrogens with two attached hydrogens (primary N) is 1. The highest BCUT2D eigenvalue weighted by atomic mass is 127. The van der Waals surface area contributed by atoms with Gasteiger partial charge < -0.3 is 10.7 Å². The average molecular weight is 300 g/mol. The van der Waals surface area contributed by atoms with Crippen LogP contribution < -0.4 is 11.3 Å². The van der Waals surface area contributed by atoms with Crippen molar-refractivity contribution in [1.29, 1.82) is 0 Å². The number of nitrogens with one attached hydrogen (secondary N) is 1. The Labute approximate surface area is 86.5 Å². The number of aromatic amines is 1. The van der Waals surface area contributed by atoms with E-state index < -0.39 is 12.0 Å². The summed E-state index contributed by atoms with van der Waals surface area (Å²) in [6, 6.07) is 1.38. The highest BCUT2D eigenvalue weighted by Crippen LogP contribution is 2.19. The molecule has 0 atom stereocenters. The van der Waals surface area contributed by atoms with Crippen molar-refractivity contribution in [3.63, 3.8) is 0 Å². The first-order chi connectivity index (χ1) is 6.06. The molecule has 0 aromatic carbocycles. The molecule has 1 aromatic heterocycles. The molecule has 0 spiro atoms. The van der Waals surface area contributed by atoms with Gasteiger partial charge in [-0.15, -0.1) is 0 Å². The predicted molar refractivity (Wildman–Crippen MR) is 52.6 cm³/mol. The van der Waals surface area contributed by atoms with E-state index in [1.54, 1.807) is 22.6 Å². The summed E-state index contributed by atoms with van der Waals surface area (Å²) in [5, 5.41) is 0. The molecular weight excluding hydrogens is 293 g/mol. The van der Waals surface area contributed by atoms with Crippen LogP contribution in [-0.4, -0.2) is 4.98 Å².